The minimum Gasteiger partial charge on any atom is -0.493 e. The second-order valence-electron chi connectivity index (χ2n) is 9.71. The van der Waals surface area contributed by atoms with Gasteiger partial charge >= 0.3 is 12.1 Å². The Bertz CT molecular complexity index is 1210. The molecule has 0 N–H and O–H groups in total. The summed E-state index contributed by atoms with van der Waals surface area (Å²) < 4.78 is 55.6. The molecule has 1 aliphatic heterocycles. The average molecular weight is 526 g/mol. The third-order valence-electron chi connectivity index (χ3n) is 6.97. The highest BCUT2D eigenvalue weighted by Gasteiger charge is 2.41. The minimum atomic E-state index is -4.65. The summed E-state index contributed by atoms with van der Waals surface area (Å²) in [6.07, 6.45) is -0.742. The number of unbranched alkanes of at least 4 members (excludes halogenated alkanes) is 1. The van der Waals surface area contributed by atoms with E-state index in [1.54, 1.807) is 30.3 Å². The Morgan fingerprint density at radius 2 is 1.71 bits per heavy atom. The first-order chi connectivity index (χ1) is 18.3. The van der Waals surface area contributed by atoms with Crippen molar-refractivity contribution in [3.63, 3.8) is 0 Å². The van der Waals surface area contributed by atoms with Crippen molar-refractivity contribution in [2.45, 2.75) is 64.7 Å². The van der Waals surface area contributed by atoms with Crippen LogP contribution >= 0.6 is 0 Å². The second kappa shape index (κ2) is 12.5. The van der Waals surface area contributed by atoms with E-state index in [1.165, 1.54) is 13.0 Å². The van der Waals surface area contributed by atoms with Gasteiger partial charge in [-0.25, -0.2) is 4.79 Å². The molecule has 7 heteroatoms. The van der Waals surface area contributed by atoms with Gasteiger partial charge in [0.2, 0.25) is 0 Å². The molecule has 4 rings (SSSR count). The third kappa shape index (κ3) is 6.57. The lowest BCUT2D eigenvalue weighted by Crippen LogP contribution is -2.34. The first kappa shape index (κ1) is 27.7. The molecule has 202 valence electrons. The molecule has 0 radical (unpaired) electrons. The normalized spacial score (nSPS) is 16.3. The van der Waals surface area contributed by atoms with Gasteiger partial charge in [-0.05, 0) is 67.6 Å². The molecule has 0 bridgehead atoms. The molecule has 4 nitrogen and oxygen atoms in total. The molecular weight excluding hydrogens is 491 g/mol. The van der Waals surface area contributed by atoms with E-state index in [4.69, 9.17) is 9.47 Å². The summed E-state index contributed by atoms with van der Waals surface area (Å²) in [4.78, 5) is 15.4. The zero-order valence-electron chi connectivity index (χ0n) is 21.9. The fourth-order valence-corrected chi connectivity index (χ4v) is 5.14. The van der Waals surface area contributed by atoms with Gasteiger partial charge in [0.05, 0.1) is 12.2 Å². The van der Waals surface area contributed by atoms with Crippen LogP contribution in [0.4, 0.5) is 13.2 Å². The first-order valence-electron chi connectivity index (χ1n) is 13.2. The quantitative estimate of drug-likeness (QED) is 0.161. The number of esters is 1. The second-order valence-corrected chi connectivity index (χ2v) is 9.71. The number of nitrogens with zero attached hydrogens (tertiary/aromatic N) is 1. The number of rotatable bonds is 9. The molecule has 1 unspecified atom stereocenters. The molecule has 0 spiro atoms. The molecule has 0 aromatic heterocycles. The van der Waals surface area contributed by atoms with Crippen molar-refractivity contribution < 1.29 is 27.4 Å². The van der Waals surface area contributed by atoms with E-state index in [1.807, 2.05) is 37.3 Å². The number of para-hydroxylation sites is 1. The Hall–Kier alpha value is -3.32. The molecule has 38 heavy (non-hydrogen) atoms. The average Bonchev–Trinajstić information content (AvgIpc) is 2.89. The highest BCUT2D eigenvalue weighted by atomic mass is 19.4. The number of carbonyl (C=O) groups excluding carboxylic acids is 1. The van der Waals surface area contributed by atoms with E-state index < -0.39 is 23.8 Å². The first-order valence-corrected chi connectivity index (χ1v) is 13.2. The maximum Gasteiger partial charge on any atom is 0.417 e. The van der Waals surface area contributed by atoms with Gasteiger partial charge in [-0.15, -0.1) is 0 Å². The van der Waals surface area contributed by atoms with Crippen molar-refractivity contribution in [3.05, 3.63) is 94.5 Å². The van der Waals surface area contributed by atoms with Crippen LogP contribution in [-0.2, 0) is 12.7 Å². The molecule has 0 aliphatic carbocycles. The van der Waals surface area contributed by atoms with E-state index in [0.717, 1.165) is 24.8 Å². The molecule has 3 aromatic carbocycles. The van der Waals surface area contributed by atoms with Crippen LogP contribution in [0.2, 0.25) is 0 Å². The monoisotopic (exact) mass is 525 g/mol. The van der Waals surface area contributed by atoms with Gasteiger partial charge in [0, 0.05) is 12.6 Å². The maximum absolute atomic E-state index is 14.7. The number of halogens is 3. The van der Waals surface area contributed by atoms with Crippen molar-refractivity contribution in [3.8, 4) is 11.5 Å². The van der Waals surface area contributed by atoms with Gasteiger partial charge in [0.25, 0.3) is 0 Å². The Morgan fingerprint density at radius 1 is 1.03 bits per heavy atom. The van der Waals surface area contributed by atoms with Gasteiger partial charge in [-0.2, -0.15) is 13.2 Å². The van der Waals surface area contributed by atoms with E-state index in [-0.39, 0.29) is 28.2 Å². The van der Waals surface area contributed by atoms with Crippen LogP contribution in [0.3, 0.4) is 0 Å². The van der Waals surface area contributed by atoms with E-state index in [0.29, 0.717) is 32.5 Å². The molecular formula is C31H34F3NO3. The topological polar surface area (TPSA) is 38.8 Å². The van der Waals surface area contributed by atoms with E-state index >= 15 is 0 Å². The van der Waals surface area contributed by atoms with E-state index in [2.05, 4.69) is 4.90 Å². The number of hydrogen-bond donors (Lipinski definition) is 0. The van der Waals surface area contributed by atoms with Crippen molar-refractivity contribution in [1.29, 1.82) is 0 Å². The molecule has 1 saturated heterocycles. The third-order valence-corrected chi connectivity index (χ3v) is 6.97. The Kier molecular flexibility index (Phi) is 9.10. The van der Waals surface area contributed by atoms with Crippen LogP contribution in [0.15, 0.2) is 66.7 Å². The molecule has 0 amide bonds. The zero-order valence-corrected chi connectivity index (χ0v) is 21.9. The van der Waals surface area contributed by atoms with Crippen LogP contribution in [0.25, 0.3) is 0 Å². The van der Waals surface area contributed by atoms with E-state index in [9.17, 15) is 18.0 Å². The van der Waals surface area contributed by atoms with Crippen molar-refractivity contribution in [2.75, 3.05) is 13.2 Å². The van der Waals surface area contributed by atoms with Gasteiger partial charge in [0.15, 0.2) is 0 Å². The fourth-order valence-electron chi connectivity index (χ4n) is 5.14. The lowest BCUT2D eigenvalue weighted by atomic mass is 9.86. The lowest BCUT2D eigenvalue weighted by molar-refractivity contribution is -0.139. The number of alkyl halides is 3. The highest BCUT2D eigenvalue weighted by Crippen LogP contribution is 2.45. The molecule has 0 saturated carbocycles. The SMILES string of the molecule is CCCCOc1cc(C2CCCCN2Cc2ccccc2)c(C(F)(F)F)c(C)c1C(=O)Oc1ccccc1. The van der Waals surface area contributed by atoms with Crippen LogP contribution in [0, 0.1) is 6.92 Å². The van der Waals surface area contributed by atoms with Crippen LogP contribution in [-0.4, -0.2) is 24.0 Å². The summed E-state index contributed by atoms with van der Waals surface area (Å²) in [7, 11) is 0. The number of benzene rings is 3. The minimum absolute atomic E-state index is 0.144. The van der Waals surface area contributed by atoms with Gasteiger partial charge < -0.3 is 9.47 Å². The van der Waals surface area contributed by atoms with Crippen molar-refractivity contribution in [1.82, 2.24) is 4.90 Å². The number of carbonyl (C=O) groups is 1. The summed E-state index contributed by atoms with van der Waals surface area (Å²) in [6, 6.07) is 19.1. The largest absolute Gasteiger partial charge is 0.493 e. The molecule has 1 fully saturated rings. The Morgan fingerprint density at radius 3 is 2.37 bits per heavy atom. The van der Waals surface area contributed by atoms with Crippen LogP contribution < -0.4 is 9.47 Å². The summed E-state index contributed by atoms with van der Waals surface area (Å²) >= 11 is 0. The summed E-state index contributed by atoms with van der Waals surface area (Å²) in [5.41, 5.74) is 0.102. The summed E-state index contributed by atoms with van der Waals surface area (Å²) in [6.45, 7) is 4.89. The van der Waals surface area contributed by atoms with Crippen LogP contribution in [0.1, 0.15) is 77.7 Å². The summed E-state index contributed by atoms with van der Waals surface area (Å²) in [5, 5.41) is 0. The smallest absolute Gasteiger partial charge is 0.417 e. The highest BCUT2D eigenvalue weighted by molar-refractivity contribution is 5.96. The predicted molar refractivity (Wildman–Crippen MR) is 141 cm³/mol. The lowest BCUT2D eigenvalue weighted by Gasteiger charge is -2.38. The fraction of sp³-hybridized carbons (Fsp3) is 0.387. The van der Waals surface area contributed by atoms with Crippen LogP contribution in [0.5, 0.6) is 11.5 Å². The number of hydrogen-bond acceptors (Lipinski definition) is 4. The molecule has 1 aliphatic rings. The molecule has 1 atom stereocenters. The maximum atomic E-state index is 14.7. The summed E-state index contributed by atoms with van der Waals surface area (Å²) in [5.74, 6) is -0.456. The standard InChI is InChI=1S/C31H34F3NO3/c1-3-4-19-37-27-20-25(26-17-11-12-18-35(26)21-23-13-7-5-8-14-23)29(31(32,33)34)22(2)28(27)30(36)38-24-15-9-6-10-16-24/h5-10,13-16,20,26H,3-4,11-12,17-19,21H2,1-2H3. The van der Waals surface area contributed by atoms with Gasteiger partial charge in [-0.1, -0.05) is 68.3 Å². The predicted octanol–water partition coefficient (Wildman–Crippen LogP) is 8.14. The number of likely N-dealkylation sites (tertiary alicyclic amines) is 1. The van der Waals surface area contributed by atoms with Crippen molar-refractivity contribution in [2.24, 2.45) is 0 Å². The molecule has 3 aromatic rings. The zero-order chi connectivity index (χ0) is 27.1. The van der Waals surface area contributed by atoms with Gasteiger partial charge in [0.1, 0.15) is 17.1 Å². The molecule has 1 heterocycles. The Balaban J connectivity index is 1.81. The van der Waals surface area contributed by atoms with Crippen molar-refractivity contribution >= 4 is 5.97 Å². The Labute approximate surface area is 222 Å². The van der Waals surface area contributed by atoms with Gasteiger partial charge in [-0.3, -0.25) is 4.90 Å². The number of ether oxygens (including phenoxy) is 2. The number of piperidine rings is 1.